The average molecular weight is 290 g/mol. The van der Waals surface area contributed by atoms with Crippen molar-refractivity contribution in [1.82, 2.24) is 10.2 Å². The molecule has 0 saturated carbocycles. The van der Waals surface area contributed by atoms with E-state index in [1.54, 1.807) is 11.8 Å². The van der Waals surface area contributed by atoms with E-state index in [2.05, 4.69) is 5.32 Å². The molecule has 0 aromatic heterocycles. The van der Waals surface area contributed by atoms with Gasteiger partial charge in [0.1, 0.15) is 6.04 Å². The molecule has 2 rings (SSSR count). The molecule has 5 nitrogen and oxygen atoms in total. The molecule has 5 heteroatoms. The lowest BCUT2D eigenvalue weighted by atomic mass is 9.93. The van der Waals surface area contributed by atoms with Crippen LogP contribution in [-0.4, -0.2) is 41.5 Å². The second-order valence-corrected chi connectivity index (χ2v) is 5.45. The Morgan fingerprint density at radius 1 is 1.43 bits per heavy atom. The van der Waals surface area contributed by atoms with Gasteiger partial charge in [0, 0.05) is 19.6 Å². The number of nitrogens with zero attached hydrogens (tertiary/aromatic N) is 1. The quantitative estimate of drug-likeness (QED) is 0.861. The summed E-state index contributed by atoms with van der Waals surface area (Å²) in [4.78, 5) is 25.3. The molecule has 1 amide bonds. The third kappa shape index (κ3) is 3.42. The van der Waals surface area contributed by atoms with Crippen molar-refractivity contribution in [2.24, 2.45) is 5.92 Å². The molecule has 1 aromatic carbocycles. The van der Waals surface area contributed by atoms with Crippen LogP contribution in [-0.2, 0) is 16.0 Å². The number of rotatable bonds is 5. The molecule has 0 saturated heterocycles. The Morgan fingerprint density at radius 2 is 2.14 bits per heavy atom. The highest BCUT2D eigenvalue weighted by molar-refractivity contribution is 5.84. The van der Waals surface area contributed by atoms with Gasteiger partial charge >= 0.3 is 5.97 Å². The van der Waals surface area contributed by atoms with E-state index < -0.39 is 11.9 Å². The number of nitrogens with one attached hydrogen (secondary N) is 1. The van der Waals surface area contributed by atoms with E-state index in [1.165, 1.54) is 5.56 Å². The first-order valence-electron chi connectivity index (χ1n) is 7.37. The first-order chi connectivity index (χ1) is 10.0. The summed E-state index contributed by atoms with van der Waals surface area (Å²) in [5.41, 5.74) is 2.20. The van der Waals surface area contributed by atoms with Crippen LogP contribution in [0.3, 0.4) is 0 Å². The monoisotopic (exact) mass is 290 g/mol. The molecule has 114 valence electrons. The van der Waals surface area contributed by atoms with Crippen molar-refractivity contribution in [3.05, 3.63) is 35.4 Å². The third-order valence-corrected chi connectivity index (χ3v) is 3.97. The summed E-state index contributed by atoms with van der Waals surface area (Å²) in [7, 11) is 0. The first kappa shape index (κ1) is 15.5. The van der Waals surface area contributed by atoms with Gasteiger partial charge in [-0.3, -0.25) is 9.59 Å². The summed E-state index contributed by atoms with van der Waals surface area (Å²) in [5, 5.41) is 12.3. The van der Waals surface area contributed by atoms with E-state index in [0.29, 0.717) is 6.54 Å². The van der Waals surface area contributed by atoms with Crippen LogP contribution in [0.25, 0.3) is 0 Å². The summed E-state index contributed by atoms with van der Waals surface area (Å²) >= 11 is 0. The summed E-state index contributed by atoms with van der Waals surface area (Å²) in [6.45, 7) is 5.02. The fourth-order valence-corrected chi connectivity index (χ4v) is 2.69. The fraction of sp³-hybridized carbons (Fsp3) is 0.500. The van der Waals surface area contributed by atoms with Crippen molar-refractivity contribution < 1.29 is 14.7 Å². The van der Waals surface area contributed by atoms with E-state index >= 15 is 0 Å². The van der Waals surface area contributed by atoms with Crippen molar-refractivity contribution in [2.75, 3.05) is 19.6 Å². The van der Waals surface area contributed by atoms with Crippen LogP contribution >= 0.6 is 0 Å². The van der Waals surface area contributed by atoms with Gasteiger partial charge in [-0.05, 0) is 24.5 Å². The van der Waals surface area contributed by atoms with E-state index in [9.17, 15) is 9.59 Å². The van der Waals surface area contributed by atoms with E-state index in [0.717, 1.165) is 18.5 Å². The largest absolute Gasteiger partial charge is 0.481 e. The van der Waals surface area contributed by atoms with Crippen LogP contribution in [0.1, 0.15) is 31.0 Å². The lowest BCUT2D eigenvalue weighted by Crippen LogP contribution is -2.45. The number of carboxylic acids is 1. The van der Waals surface area contributed by atoms with E-state index in [4.69, 9.17) is 5.11 Å². The summed E-state index contributed by atoms with van der Waals surface area (Å²) in [6, 6.07) is 7.57. The number of aliphatic carboxylic acids is 1. The second kappa shape index (κ2) is 6.72. The van der Waals surface area contributed by atoms with Gasteiger partial charge in [0.25, 0.3) is 0 Å². The smallest absolute Gasteiger partial charge is 0.308 e. The zero-order chi connectivity index (χ0) is 15.4. The molecule has 0 aliphatic carbocycles. The number of likely N-dealkylation sites (N-methyl/N-ethyl adjacent to an activating group) is 1. The molecule has 1 aliphatic rings. The molecule has 0 bridgehead atoms. The molecule has 2 atom stereocenters. The van der Waals surface area contributed by atoms with Gasteiger partial charge in [0.15, 0.2) is 0 Å². The predicted octanol–water partition coefficient (Wildman–Crippen LogP) is 1.44. The summed E-state index contributed by atoms with van der Waals surface area (Å²) in [5.74, 6) is -1.48. The van der Waals surface area contributed by atoms with Crippen molar-refractivity contribution in [3.8, 4) is 0 Å². The van der Waals surface area contributed by atoms with Crippen LogP contribution in [0.2, 0.25) is 0 Å². The highest BCUT2D eigenvalue weighted by atomic mass is 16.4. The molecule has 0 spiro atoms. The van der Waals surface area contributed by atoms with Crippen molar-refractivity contribution in [3.63, 3.8) is 0 Å². The second-order valence-electron chi connectivity index (χ2n) is 5.45. The zero-order valence-corrected chi connectivity index (χ0v) is 12.5. The third-order valence-electron chi connectivity index (χ3n) is 3.97. The molecule has 2 N–H and O–H groups in total. The molecular formula is C16H22N2O3. The van der Waals surface area contributed by atoms with Crippen LogP contribution in [0.5, 0.6) is 0 Å². The van der Waals surface area contributed by atoms with Crippen LogP contribution in [0, 0.1) is 5.92 Å². The molecule has 1 heterocycles. The number of hydrogen-bond donors (Lipinski definition) is 2. The van der Waals surface area contributed by atoms with Crippen LogP contribution < -0.4 is 5.32 Å². The van der Waals surface area contributed by atoms with E-state index in [1.807, 2.05) is 31.2 Å². The minimum atomic E-state index is -0.877. The lowest BCUT2D eigenvalue weighted by molar-refractivity contribution is -0.143. The summed E-state index contributed by atoms with van der Waals surface area (Å²) < 4.78 is 0. The molecule has 2 unspecified atom stereocenters. The predicted molar refractivity (Wildman–Crippen MR) is 79.9 cm³/mol. The molecule has 1 aliphatic heterocycles. The molecule has 0 fully saturated rings. The first-order valence-corrected chi connectivity index (χ1v) is 7.37. The number of benzene rings is 1. The fourth-order valence-electron chi connectivity index (χ4n) is 2.69. The van der Waals surface area contributed by atoms with Crippen molar-refractivity contribution >= 4 is 11.9 Å². The van der Waals surface area contributed by atoms with Gasteiger partial charge in [0.2, 0.25) is 5.91 Å². The standard InChI is InChI=1S/C16H22N2O3/c1-3-18(10-11(2)16(20)21)15(19)14-13-7-5-4-6-12(13)8-9-17-14/h4-7,11,14,17H,3,8-10H2,1-2H3,(H,20,21). The van der Waals surface area contributed by atoms with Gasteiger partial charge in [-0.1, -0.05) is 31.2 Å². The van der Waals surface area contributed by atoms with E-state index in [-0.39, 0.29) is 18.5 Å². The molecular weight excluding hydrogens is 268 g/mol. The SMILES string of the molecule is CCN(CC(C)C(=O)O)C(=O)C1NCCc2ccccc21. The van der Waals surface area contributed by atoms with Crippen LogP contribution in [0.15, 0.2) is 24.3 Å². The summed E-state index contributed by atoms with van der Waals surface area (Å²) in [6.07, 6.45) is 0.914. The Bertz CT molecular complexity index is 530. The Morgan fingerprint density at radius 3 is 2.81 bits per heavy atom. The Balaban J connectivity index is 2.17. The molecule has 21 heavy (non-hydrogen) atoms. The van der Waals surface area contributed by atoms with Crippen LogP contribution in [0.4, 0.5) is 0 Å². The minimum absolute atomic E-state index is 0.0437. The average Bonchev–Trinajstić information content (AvgIpc) is 2.51. The molecule has 0 radical (unpaired) electrons. The molecule has 1 aromatic rings. The maximum Gasteiger partial charge on any atom is 0.308 e. The Kier molecular flexibility index (Phi) is 4.96. The lowest BCUT2D eigenvalue weighted by Gasteiger charge is -2.31. The minimum Gasteiger partial charge on any atom is -0.481 e. The normalized spacial score (nSPS) is 18.7. The van der Waals surface area contributed by atoms with Gasteiger partial charge in [0.05, 0.1) is 5.92 Å². The topological polar surface area (TPSA) is 69.6 Å². The highest BCUT2D eigenvalue weighted by Crippen LogP contribution is 2.24. The Labute approximate surface area is 125 Å². The number of hydrogen-bond acceptors (Lipinski definition) is 3. The van der Waals surface area contributed by atoms with Crippen molar-refractivity contribution in [2.45, 2.75) is 26.3 Å². The van der Waals surface area contributed by atoms with Crippen molar-refractivity contribution in [1.29, 1.82) is 0 Å². The van der Waals surface area contributed by atoms with Gasteiger partial charge in [-0.15, -0.1) is 0 Å². The maximum absolute atomic E-state index is 12.7. The van der Waals surface area contributed by atoms with Gasteiger partial charge < -0.3 is 15.3 Å². The number of fused-ring (bicyclic) bond motifs is 1. The number of carbonyl (C=O) groups is 2. The zero-order valence-electron chi connectivity index (χ0n) is 12.5. The van der Waals surface area contributed by atoms with Gasteiger partial charge in [-0.25, -0.2) is 0 Å². The number of carboxylic acid groups (broad SMARTS) is 1. The number of carbonyl (C=O) groups excluding carboxylic acids is 1. The van der Waals surface area contributed by atoms with Gasteiger partial charge in [-0.2, -0.15) is 0 Å². The Hall–Kier alpha value is -1.88. The number of amides is 1. The highest BCUT2D eigenvalue weighted by Gasteiger charge is 2.30. The maximum atomic E-state index is 12.7.